The highest BCUT2D eigenvalue weighted by Gasteiger charge is 2.11. The zero-order chi connectivity index (χ0) is 15.8. The smallest absolute Gasteiger partial charge is 0.149 e. The third-order valence-corrected chi connectivity index (χ3v) is 3.53. The third-order valence-electron chi connectivity index (χ3n) is 3.53. The van der Waals surface area contributed by atoms with Crippen molar-refractivity contribution in [2.45, 2.75) is 59.1 Å². The fourth-order valence-electron chi connectivity index (χ4n) is 1.81. The number of carbonyl (C=O) groups is 1. The van der Waals surface area contributed by atoms with E-state index in [2.05, 4.69) is 12.1 Å². The normalized spacial score (nSPS) is 14.6. The number of ketones is 1. The maximum atomic E-state index is 11.5. The Kier molecular flexibility index (Phi) is 7.09. The molecule has 0 aliphatic heterocycles. The van der Waals surface area contributed by atoms with Crippen LogP contribution in [0.15, 0.2) is 29.4 Å². The van der Waals surface area contributed by atoms with E-state index in [1.54, 1.807) is 0 Å². The van der Waals surface area contributed by atoms with E-state index < -0.39 is 6.04 Å². The van der Waals surface area contributed by atoms with E-state index in [0.29, 0.717) is 12.8 Å². The average Bonchev–Trinajstić information content (AvgIpc) is 2.51. The molecule has 1 aromatic rings. The van der Waals surface area contributed by atoms with E-state index >= 15 is 0 Å². The van der Waals surface area contributed by atoms with E-state index in [9.17, 15) is 4.79 Å². The van der Waals surface area contributed by atoms with E-state index in [4.69, 9.17) is 10.6 Å². The summed E-state index contributed by atoms with van der Waals surface area (Å²) in [5, 5.41) is 4.14. The van der Waals surface area contributed by atoms with E-state index in [0.717, 1.165) is 23.3 Å². The molecule has 0 aromatic heterocycles. The molecule has 0 amide bonds. The van der Waals surface area contributed by atoms with Crippen LogP contribution < -0.4 is 5.73 Å². The number of carbonyl (C=O) groups excluding carboxylic acids is 1. The van der Waals surface area contributed by atoms with Crippen molar-refractivity contribution in [1.82, 2.24) is 0 Å². The average molecular weight is 290 g/mol. The largest absolute Gasteiger partial charge is 0.393 e. The summed E-state index contributed by atoms with van der Waals surface area (Å²) in [6, 6.07) is 7.53. The van der Waals surface area contributed by atoms with Gasteiger partial charge in [0.25, 0.3) is 0 Å². The van der Waals surface area contributed by atoms with E-state index in [1.807, 2.05) is 45.0 Å². The Hall–Kier alpha value is -1.68. The van der Waals surface area contributed by atoms with Crippen LogP contribution in [-0.4, -0.2) is 23.6 Å². The Bertz CT molecular complexity index is 480. The van der Waals surface area contributed by atoms with Crippen molar-refractivity contribution in [3.8, 4) is 0 Å². The molecule has 2 N–H and O–H groups in total. The third kappa shape index (κ3) is 5.68. The van der Waals surface area contributed by atoms with Crippen LogP contribution in [0.4, 0.5) is 0 Å². The fraction of sp³-hybridized carbons (Fsp3) is 0.529. The molecule has 1 rings (SSSR count). The van der Waals surface area contributed by atoms with Gasteiger partial charge in [0, 0.05) is 6.42 Å². The predicted molar refractivity (Wildman–Crippen MR) is 86.5 cm³/mol. The molecule has 4 nitrogen and oxygen atoms in total. The number of oxime groups is 1. The van der Waals surface area contributed by atoms with Crippen molar-refractivity contribution in [2.75, 3.05) is 0 Å². The van der Waals surface area contributed by atoms with Gasteiger partial charge in [-0.1, -0.05) is 43.3 Å². The second kappa shape index (κ2) is 8.57. The van der Waals surface area contributed by atoms with Crippen LogP contribution >= 0.6 is 0 Å². The topological polar surface area (TPSA) is 64.7 Å². The van der Waals surface area contributed by atoms with Crippen molar-refractivity contribution in [3.63, 3.8) is 0 Å². The van der Waals surface area contributed by atoms with Crippen LogP contribution in [0.5, 0.6) is 0 Å². The van der Waals surface area contributed by atoms with Crippen molar-refractivity contribution in [2.24, 2.45) is 10.9 Å². The number of rotatable bonds is 8. The summed E-state index contributed by atoms with van der Waals surface area (Å²) in [5.41, 5.74) is 8.77. The second-order valence-electron chi connectivity index (χ2n) is 5.33. The molecule has 0 saturated heterocycles. The van der Waals surface area contributed by atoms with Gasteiger partial charge in [0.1, 0.15) is 11.9 Å². The zero-order valence-electron chi connectivity index (χ0n) is 13.4. The molecule has 21 heavy (non-hydrogen) atoms. The quantitative estimate of drug-likeness (QED) is 0.591. The summed E-state index contributed by atoms with van der Waals surface area (Å²) in [4.78, 5) is 16.9. The molecule has 0 aliphatic carbocycles. The first-order valence-corrected chi connectivity index (χ1v) is 7.55. The van der Waals surface area contributed by atoms with E-state index in [-0.39, 0.29) is 11.9 Å². The minimum absolute atomic E-state index is 0.0961. The Morgan fingerprint density at radius 2 is 1.90 bits per heavy atom. The highest BCUT2D eigenvalue weighted by atomic mass is 16.6. The van der Waals surface area contributed by atoms with Gasteiger partial charge in [0.05, 0.1) is 11.8 Å². The van der Waals surface area contributed by atoms with Gasteiger partial charge >= 0.3 is 0 Å². The summed E-state index contributed by atoms with van der Waals surface area (Å²) in [6.07, 6.45) is 2.11. The first-order chi connectivity index (χ1) is 9.97. The molecule has 0 heterocycles. The molecule has 2 unspecified atom stereocenters. The number of nitrogens with zero attached hydrogens (tertiary/aromatic N) is 1. The molecule has 0 saturated carbocycles. The fourth-order valence-corrected chi connectivity index (χ4v) is 1.81. The maximum absolute atomic E-state index is 11.5. The van der Waals surface area contributed by atoms with Crippen LogP contribution in [0.2, 0.25) is 0 Å². The number of benzene rings is 1. The number of nitrogens with two attached hydrogens (primary N) is 1. The Morgan fingerprint density at radius 1 is 1.29 bits per heavy atom. The van der Waals surface area contributed by atoms with Gasteiger partial charge in [-0.3, -0.25) is 4.79 Å². The first-order valence-electron chi connectivity index (χ1n) is 7.55. The summed E-state index contributed by atoms with van der Waals surface area (Å²) >= 11 is 0. The lowest BCUT2D eigenvalue weighted by atomic mass is 10.00. The molecule has 0 spiro atoms. The molecule has 0 bridgehead atoms. The monoisotopic (exact) mass is 290 g/mol. The SMILES string of the molecule is CCC(=O)C(N)Cc1ccc(/C(C)=N\OC(C)CC)cc1. The Balaban J connectivity index is 2.67. The molecule has 1 aromatic carbocycles. The van der Waals surface area contributed by atoms with E-state index in [1.165, 1.54) is 0 Å². The molecule has 2 atom stereocenters. The molecule has 0 aliphatic rings. The van der Waals surface area contributed by atoms with Crippen molar-refractivity contribution in [1.29, 1.82) is 0 Å². The summed E-state index contributed by atoms with van der Waals surface area (Å²) in [6.45, 7) is 7.81. The molecular weight excluding hydrogens is 264 g/mol. The van der Waals surface area contributed by atoms with Gasteiger partial charge in [-0.25, -0.2) is 0 Å². The lowest BCUT2D eigenvalue weighted by Crippen LogP contribution is -2.32. The number of Topliss-reactive ketones (excluding diaryl/α,β-unsaturated/α-hetero) is 1. The molecular formula is C17H26N2O2. The molecule has 0 radical (unpaired) electrons. The Labute approximate surface area is 127 Å². The van der Waals surface area contributed by atoms with Gasteiger partial charge in [0.2, 0.25) is 0 Å². The lowest BCUT2D eigenvalue weighted by molar-refractivity contribution is -0.119. The van der Waals surface area contributed by atoms with Crippen molar-refractivity contribution < 1.29 is 9.63 Å². The number of hydrogen-bond acceptors (Lipinski definition) is 4. The predicted octanol–water partition coefficient (Wildman–Crippen LogP) is 3.07. The minimum Gasteiger partial charge on any atom is -0.393 e. The second-order valence-corrected chi connectivity index (χ2v) is 5.33. The maximum Gasteiger partial charge on any atom is 0.149 e. The van der Waals surface area contributed by atoms with Crippen LogP contribution in [0.25, 0.3) is 0 Å². The zero-order valence-corrected chi connectivity index (χ0v) is 13.4. The van der Waals surface area contributed by atoms with Crippen molar-refractivity contribution >= 4 is 11.5 Å². The minimum atomic E-state index is -0.413. The van der Waals surface area contributed by atoms with Crippen molar-refractivity contribution in [3.05, 3.63) is 35.4 Å². The summed E-state index contributed by atoms with van der Waals surface area (Å²) in [7, 11) is 0. The Morgan fingerprint density at radius 3 is 2.43 bits per heavy atom. The van der Waals surface area contributed by atoms with Gasteiger partial charge in [0.15, 0.2) is 0 Å². The molecule has 4 heteroatoms. The summed E-state index contributed by atoms with van der Waals surface area (Å²) < 4.78 is 0. The van der Waals surface area contributed by atoms with Crippen LogP contribution in [0.3, 0.4) is 0 Å². The van der Waals surface area contributed by atoms with Gasteiger partial charge < -0.3 is 10.6 Å². The van der Waals surface area contributed by atoms with Gasteiger partial charge in [-0.2, -0.15) is 0 Å². The molecule has 0 fully saturated rings. The van der Waals surface area contributed by atoms with Crippen LogP contribution in [0.1, 0.15) is 51.7 Å². The number of hydrogen-bond donors (Lipinski definition) is 1. The van der Waals surface area contributed by atoms with Crippen LogP contribution in [0, 0.1) is 0 Å². The van der Waals surface area contributed by atoms with Gasteiger partial charge in [-0.05, 0) is 37.8 Å². The standard InChI is InChI=1S/C17H26N2O2/c1-5-12(3)21-19-13(4)15-9-7-14(8-10-15)11-16(18)17(20)6-2/h7-10,12,16H,5-6,11,18H2,1-4H3/b19-13-. The first kappa shape index (κ1) is 17.4. The highest BCUT2D eigenvalue weighted by molar-refractivity contribution is 5.98. The van der Waals surface area contributed by atoms with Crippen LogP contribution in [-0.2, 0) is 16.1 Å². The molecule has 116 valence electrons. The summed E-state index contributed by atoms with van der Waals surface area (Å²) in [5.74, 6) is 0.0961. The highest BCUT2D eigenvalue weighted by Crippen LogP contribution is 2.09. The lowest BCUT2D eigenvalue weighted by Gasteiger charge is -2.10. The van der Waals surface area contributed by atoms with Gasteiger partial charge in [-0.15, -0.1) is 0 Å².